The van der Waals surface area contributed by atoms with Crippen molar-refractivity contribution >= 4 is 11.6 Å². The Kier molecular flexibility index (Phi) is 4.56. The van der Waals surface area contributed by atoms with Crippen molar-refractivity contribution in [2.75, 3.05) is 13.1 Å². The normalized spacial score (nSPS) is 21.8. The van der Waals surface area contributed by atoms with Gasteiger partial charge in [0.1, 0.15) is 11.6 Å². The van der Waals surface area contributed by atoms with E-state index >= 15 is 0 Å². The van der Waals surface area contributed by atoms with Gasteiger partial charge in [0, 0.05) is 37.1 Å². The number of benzene rings is 1. The molecule has 134 valence electrons. The van der Waals surface area contributed by atoms with E-state index in [1.54, 1.807) is 6.07 Å². The maximum Gasteiger partial charge on any atom is 0.124 e. The quantitative estimate of drug-likeness (QED) is 0.885. The zero-order valence-electron chi connectivity index (χ0n) is 14.5. The number of aryl methyl sites for hydroxylation is 1. The minimum atomic E-state index is -0.286. The molecule has 1 spiro atoms. The van der Waals surface area contributed by atoms with Crippen LogP contribution in [-0.2, 0) is 20.1 Å². The third-order valence-corrected chi connectivity index (χ3v) is 6.19. The van der Waals surface area contributed by atoms with Gasteiger partial charge in [0.05, 0.1) is 6.54 Å². The molecule has 2 aromatic rings. The smallest absolute Gasteiger partial charge is 0.124 e. The molecule has 1 N–H and O–H groups in total. The van der Waals surface area contributed by atoms with Crippen molar-refractivity contribution in [2.24, 2.45) is 12.5 Å². The summed E-state index contributed by atoms with van der Waals surface area (Å²) in [5, 5.41) is 3.97. The molecule has 1 saturated carbocycles. The summed E-state index contributed by atoms with van der Waals surface area (Å²) in [6.07, 6.45) is 7.51. The Hall–Kier alpha value is -1.43. The highest BCUT2D eigenvalue weighted by molar-refractivity contribution is 6.31. The summed E-state index contributed by atoms with van der Waals surface area (Å²) in [7, 11) is 2.03. The Morgan fingerprint density at radius 2 is 2.16 bits per heavy atom. The summed E-state index contributed by atoms with van der Waals surface area (Å²) in [6.45, 7) is 3.72. The molecule has 1 saturated heterocycles. The lowest BCUT2D eigenvalue weighted by Gasteiger charge is -2.29. The van der Waals surface area contributed by atoms with Crippen LogP contribution in [0.15, 0.2) is 30.6 Å². The van der Waals surface area contributed by atoms with Crippen LogP contribution in [-0.4, -0.2) is 33.6 Å². The summed E-state index contributed by atoms with van der Waals surface area (Å²) >= 11 is 6.29. The maximum atomic E-state index is 13.4. The first-order valence-corrected chi connectivity index (χ1v) is 9.30. The summed E-state index contributed by atoms with van der Waals surface area (Å²) < 4.78 is 15.4. The molecule has 1 aliphatic heterocycles. The number of hydrogen-bond acceptors (Lipinski definition) is 3. The number of nitrogens with zero attached hydrogens (tertiary/aromatic N) is 3. The van der Waals surface area contributed by atoms with E-state index < -0.39 is 0 Å². The molecule has 0 unspecified atom stereocenters. The van der Waals surface area contributed by atoms with Crippen molar-refractivity contribution in [1.82, 2.24) is 19.8 Å². The van der Waals surface area contributed by atoms with Crippen molar-refractivity contribution in [3.63, 3.8) is 0 Å². The van der Waals surface area contributed by atoms with Crippen molar-refractivity contribution in [1.29, 1.82) is 0 Å². The van der Waals surface area contributed by atoms with Crippen LogP contribution in [0.2, 0.25) is 5.02 Å². The molecule has 1 aromatic carbocycles. The van der Waals surface area contributed by atoms with Crippen LogP contribution < -0.4 is 5.32 Å². The number of halogens is 2. The van der Waals surface area contributed by atoms with Crippen LogP contribution in [0.3, 0.4) is 0 Å². The Balaban J connectivity index is 1.56. The molecule has 6 heteroatoms. The third-order valence-electron chi connectivity index (χ3n) is 5.84. The lowest BCUT2D eigenvalue weighted by Crippen LogP contribution is -2.36. The zero-order valence-corrected chi connectivity index (χ0v) is 15.3. The highest BCUT2D eigenvalue weighted by Crippen LogP contribution is 2.56. The Morgan fingerprint density at radius 1 is 1.36 bits per heavy atom. The summed E-state index contributed by atoms with van der Waals surface area (Å²) in [6, 6.07) is 5.25. The predicted octanol–water partition coefficient (Wildman–Crippen LogP) is 3.36. The number of hydrogen-bond donors (Lipinski definition) is 1. The van der Waals surface area contributed by atoms with E-state index in [9.17, 15) is 4.39 Å². The van der Waals surface area contributed by atoms with Gasteiger partial charge in [0.15, 0.2) is 0 Å². The van der Waals surface area contributed by atoms with Crippen LogP contribution in [0.1, 0.15) is 30.7 Å². The SMILES string of the molecule is Cn1ccnc1CN(Cc1ccc(F)cc1Cl)[C@@H]1CC12CCNCC2. The minimum absolute atomic E-state index is 0.286. The summed E-state index contributed by atoms with van der Waals surface area (Å²) in [5.74, 6) is 0.764. The number of aromatic nitrogens is 2. The molecule has 4 nitrogen and oxygen atoms in total. The second-order valence-corrected chi connectivity index (χ2v) is 7.83. The standard InChI is InChI=1S/C19H24ClFN4/c1-24-9-8-23-18(24)13-25(12-14-2-3-15(21)10-16(14)20)17-11-19(17)4-6-22-7-5-19/h2-3,8-10,17,22H,4-7,11-13H2,1H3/t17-/m1/s1. The average Bonchev–Trinajstić information content (AvgIpc) is 3.12. The first-order chi connectivity index (χ1) is 12.1. The fourth-order valence-electron chi connectivity index (χ4n) is 4.18. The van der Waals surface area contributed by atoms with Gasteiger partial charge in [-0.3, -0.25) is 4.90 Å². The molecule has 2 aliphatic rings. The van der Waals surface area contributed by atoms with Crippen LogP contribution in [0.4, 0.5) is 4.39 Å². The molecule has 1 aliphatic carbocycles. The summed E-state index contributed by atoms with van der Waals surface area (Å²) in [4.78, 5) is 6.97. The van der Waals surface area contributed by atoms with Gasteiger partial charge in [-0.25, -0.2) is 9.37 Å². The van der Waals surface area contributed by atoms with Crippen molar-refractivity contribution in [3.05, 3.63) is 52.8 Å². The van der Waals surface area contributed by atoms with E-state index in [0.29, 0.717) is 16.5 Å². The van der Waals surface area contributed by atoms with E-state index in [0.717, 1.165) is 37.6 Å². The van der Waals surface area contributed by atoms with Crippen molar-refractivity contribution in [3.8, 4) is 0 Å². The highest BCUT2D eigenvalue weighted by atomic mass is 35.5. The topological polar surface area (TPSA) is 33.1 Å². The number of imidazole rings is 1. The third kappa shape index (κ3) is 3.46. The molecule has 1 aromatic heterocycles. The molecule has 1 atom stereocenters. The van der Waals surface area contributed by atoms with Crippen molar-refractivity contribution < 1.29 is 4.39 Å². The monoisotopic (exact) mass is 362 g/mol. The molecular weight excluding hydrogens is 339 g/mol. The Morgan fingerprint density at radius 3 is 2.84 bits per heavy atom. The van der Waals surface area contributed by atoms with Crippen LogP contribution in [0.25, 0.3) is 0 Å². The Bertz CT molecular complexity index is 754. The van der Waals surface area contributed by atoms with E-state index in [4.69, 9.17) is 11.6 Å². The van der Waals surface area contributed by atoms with E-state index in [1.807, 2.05) is 19.4 Å². The van der Waals surface area contributed by atoms with E-state index in [1.165, 1.54) is 31.4 Å². The van der Waals surface area contributed by atoms with Gasteiger partial charge in [0.2, 0.25) is 0 Å². The largest absolute Gasteiger partial charge is 0.337 e. The van der Waals surface area contributed by atoms with Gasteiger partial charge in [0.25, 0.3) is 0 Å². The van der Waals surface area contributed by atoms with Gasteiger partial charge in [-0.2, -0.15) is 0 Å². The second kappa shape index (κ2) is 6.71. The van der Waals surface area contributed by atoms with Crippen molar-refractivity contribution in [2.45, 2.75) is 38.4 Å². The minimum Gasteiger partial charge on any atom is -0.337 e. The van der Waals surface area contributed by atoms with E-state index in [2.05, 4.69) is 19.8 Å². The second-order valence-electron chi connectivity index (χ2n) is 7.43. The zero-order chi connectivity index (χ0) is 17.4. The fourth-order valence-corrected chi connectivity index (χ4v) is 4.41. The molecule has 0 amide bonds. The fraction of sp³-hybridized carbons (Fsp3) is 0.526. The Labute approximate surface area is 153 Å². The maximum absolute atomic E-state index is 13.4. The molecule has 0 bridgehead atoms. The van der Waals surface area contributed by atoms with Gasteiger partial charge in [-0.15, -0.1) is 0 Å². The lowest BCUT2D eigenvalue weighted by atomic mass is 9.93. The van der Waals surface area contributed by atoms with E-state index in [-0.39, 0.29) is 5.82 Å². The highest BCUT2D eigenvalue weighted by Gasteiger charge is 2.56. The van der Waals surface area contributed by atoms with Gasteiger partial charge in [-0.05, 0) is 55.5 Å². The lowest BCUT2D eigenvalue weighted by molar-refractivity contribution is 0.182. The van der Waals surface area contributed by atoms with Crippen LogP contribution in [0, 0.1) is 11.2 Å². The number of nitrogens with one attached hydrogen (secondary N) is 1. The molecule has 2 fully saturated rings. The molecule has 4 rings (SSSR count). The number of rotatable bonds is 5. The molecular formula is C19H24ClFN4. The molecule has 25 heavy (non-hydrogen) atoms. The van der Waals surface area contributed by atoms with Crippen LogP contribution >= 0.6 is 11.6 Å². The first-order valence-electron chi connectivity index (χ1n) is 8.92. The van der Waals surface area contributed by atoms with Gasteiger partial charge in [-0.1, -0.05) is 17.7 Å². The average molecular weight is 363 g/mol. The number of piperidine rings is 1. The first kappa shape index (κ1) is 17.0. The predicted molar refractivity (Wildman–Crippen MR) is 96.8 cm³/mol. The van der Waals surface area contributed by atoms with Gasteiger partial charge < -0.3 is 9.88 Å². The van der Waals surface area contributed by atoms with Gasteiger partial charge >= 0.3 is 0 Å². The molecule has 0 radical (unpaired) electrons. The van der Waals surface area contributed by atoms with Crippen LogP contribution in [0.5, 0.6) is 0 Å². The summed E-state index contributed by atoms with van der Waals surface area (Å²) in [5.41, 5.74) is 1.41. The molecule has 2 heterocycles.